The Morgan fingerprint density at radius 2 is 1.88 bits per heavy atom. The van der Waals surface area contributed by atoms with Gasteiger partial charge < -0.3 is 4.52 Å². The number of benzene rings is 1. The van der Waals surface area contributed by atoms with E-state index >= 15 is 0 Å². The van der Waals surface area contributed by atoms with E-state index in [9.17, 15) is 0 Å². The molecule has 0 N–H and O–H groups in total. The van der Waals surface area contributed by atoms with Crippen LogP contribution in [0.25, 0.3) is 11.4 Å². The van der Waals surface area contributed by atoms with Gasteiger partial charge in [-0.05, 0) is 6.92 Å². The van der Waals surface area contributed by atoms with Gasteiger partial charge in [-0.1, -0.05) is 48.8 Å². The topological polar surface area (TPSA) is 38.9 Å². The summed E-state index contributed by atoms with van der Waals surface area (Å²) in [5.74, 6) is 1.93. The summed E-state index contributed by atoms with van der Waals surface area (Å²) in [5, 5.41) is 4.01. The number of hydrogen-bond donors (Lipinski definition) is 1. The largest absolute Gasteiger partial charge is 0.338 e. The summed E-state index contributed by atoms with van der Waals surface area (Å²) in [6, 6.07) is 8.07. The zero-order valence-electron chi connectivity index (χ0n) is 10.3. The fourth-order valence-corrected chi connectivity index (χ4v) is 1.52. The zero-order valence-corrected chi connectivity index (χ0v) is 11.2. The predicted molar refractivity (Wildman–Crippen MR) is 71.4 cm³/mol. The van der Waals surface area contributed by atoms with E-state index in [2.05, 4.69) is 29.7 Å². The van der Waals surface area contributed by atoms with Gasteiger partial charge in [0.15, 0.2) is 0 Å². The third-order valence-electron chi connectivity index (χ3n) is 2.71. The molecule has 2 aromatic rings. The van der Waals surface area contributed by atoms with Gasteiger partial charge in [-0.15, -0.1) is 0 Å². The minimum atomic E-state index is -0.195. The molecule has 0 saturated heterocycles. The van der Waals surface area contributed by atoms with E-state index in [-0.39, 0.29) is 5.41 Å². The maximum Gasteiger partial charge on any atom is 0.233 e. The molecule has 3 nitrogen and oxygen atoms in total. The molecule has 2 rings (SSSR count). The van der Waals surface area contributed by atoms with Crippen LogP contribution < -0.4 is 0 Å². The third-order valence-corrected chi connectivity index (χ3v) is 3.50. The van der Waals surface area contributed by atoms with E-state index < -0.39 is 0 Å². The van der Waals surface area contributed by atoms with Gasteiger partial charge >= 0.3 is 0 Å². The van der Waals surface area contributed by atoms with E-state index in [1.807, 2.05) is 38.1 Å². The first kappa shape index (κ1) is 12.2. The van der Waals surface area contributed by atoms with Crippen molar-refractivity contribution in [3.63, 3.8) is 0 Å². The summed E-state index contributed by atoms with van der Waals surface area (Å²) in [4.78, 5) is 4.43. The van der Waals surface area contributed by atoms with Gasteiger partial charge in [0.2, 0.25) is 11.7 Å². The Morgan fingerprint density at radius 1 is 1.24 bits per heavy atom. The summed E-state index contributed by atoms with van der Waals surface area (Å²) in [6.07, 6.45) is 0. The highest BCUT2D eigenvalue weighted by Crippen LogP contribution is 2.25. The van der Waals surface area contributed by atoms with E-state index in [4.69, 9.17) is 4.52 Å². The Bertz CT molecular complexity index is 502. The Balaban J connectivity index is 2.33. The van der Waals surface area contributed by atoms with Crippen LogP contribution in [0.1, 0.15) is 25.3 Å². The van der Waals surface area contributed by atoms with Crippen molar-refractivity contribution in [3.8, 4) is 11.4 Å². The van der Waals surface area contributed by atoms with E-state index in [0.29, 0.717) is 17.5 Å². The molecular formula is C13H16N2OS. The molecule has 1 heterocycles. The number of thiol groups is 1. The van der Waals surface area contributed by atoms with Gasteiger partial charge in [0, 0.05) is 11.3 Å². The summed E-state index contributed by atoms with van der Waals surface area (Å²) in [6.45, 7) is 6.12. The highest BCUT2D eigenvalue weighted by Gasteiger charge is 2.26. The lowest BCUT2D eigenvalue weighted by Crippen LogP contribution is -2.19. The van der Waals surface area contributed by atoms with Gasteiger partial charge in [-0.25, -0.2) is 0 Å². The smallest absolute Gasteiger partial charge is 0.233 e. The van der Waals surface area contributed by atoms with Crippen LogP contribution in [0.2, 0.25) is 0 Å². The lowest BCUT2D eigenvalue weighted by atomic mass is 9.96. The molecular weight excluding hydrogens is 232 g/mol. The molecule has 0 fully saturated rings. The standard InChI is InChI=1S/C13H16N2OS/c1-9-4-6-10(7-5-9)11-14-12(16-15-11)13(2,3)8-17/h4-7,17H,8H2,1-3H3. The molecule has 0 aliphatic heterocycles. The minimum Gasteiger partial charge on any atom is -0.338 e. The summed E-state index contributed by atoms with van der Waals surface area (Å²) in [5.41, 5.74) is 1.99. The van der Waals surface area contributed by atoms with E-state index in [0.717, 1.165) is 5.56 Å². The zero-order chi connectivity index (χ0) is 12.5. The summed E-state index contributed by atoms with van der Waals surface area (Å²) >= 11 is 4.29. The number of hydrogen-bond acceptors (Lipinski definition) is 4. The molecule has 0 radical (unpaired) electrons. The maximum absolute atomic E-state index is 5.29. The van der Waals surface area contributed by atoms with Gasteiger partial charge in [-0.2, -0.15) is 17.6 Å². The van der Waals surface area contributed by atoms with Crippen molar-refractivity contribution >= 4 is 12.6 Å². The van der Waals surface area contributed by atoms with Crippen molar-refractivity contribution in [2.24, 2.45) is 0 Å². The Kier molecular flexibility index (Phi) is 3.24. The van der Waals surface area contributed by atoms with Gasteiger partial charge in [-0.3, -0.25) is 0 Å². The number of aromatic nitrogens is 2. The van der Waals surface area contributed by atoms with Crippen LogP contribution in [0.5, 0.6) is 0 Å². The lowest BCUT2D eigenvalue weighted by Gasteiger charge is -2.15. The van der Waals surface area contributed by atoms with Crippen molar-refractivity contribution in [3.05, 3.63) is 35.7 Å². The third kappa shape index (κ3) is 2.52. The quantitative estimate of drug-likeness (QED) is 0.847. The molecule has 0 atom stereocenters. The molecule has 0 spiro atoms. The molecule has 1 aromatic heterocycles. The fourth-order valence-electron chi connectivity index (χ4n) is 1.39. The molecule has 1 aromatic carbocycles. The average Bonchev–Trinajstić information content (AvgIpc) is 2.80. The van der Waals surface area contributed by atoms with Crippen LogP contribution in [0.4, 0.5) is 0 Å². The Morgan fingerprint density at radius 3 is 2.47 bits per heavy atom. The first-order valence-corrected chi connectivity index (χ1v) is 6.18. The minimum absolute atomic E-state index is 0.195. The molecule has 4 heteroatoms. The number of nitrogens with zero attached hydrogens (tertiary/aromatic N) is 2. The first-order chi connectivity index (χ1) is 8.03. The number of aryl methyl sites for hydroxylation is 1. The Labute approximate surface area is 107 Å². The molecule has 17 heavy (non-hydrogen) atoms. The second-order valence-electron chi connectivity index (χ2n) is 4.83. The molecule has 0 saturated carbocycles. The van der Waals surface area contributed by atoms with Crippen LogP contribution in [0.3, 0.4) is 0 Å². The van der Waals surface area contributed by atoms with E-state index in [1.54, 1.807) is 0 Å². The second kappa shape index (κ2) is 4.53. The highest BCUT2D eigenvalue weighted by atomic mass is 32.1. The summed E-state index contributed by atoms with van der Waals surface area (Å²) in [7, 11) is 0. The van der Waals surface area contributed by atoms with Gasteiger partial charge in [0.05, 0.1) is 5.41 Å². The first-order valence-electron chi connectivity index (χ1n) is 5.55. The molecule has 0 amide bonds. The SMILES string of the molecule is Cc1ccc(-c2noc(C(C)(C)CS)n2)cc1. The van der Waals surface area contributed by atoms with Crippen molar-refractivity contribution < 1.29 is 4.52 Å². The van der Waals surface area contributed by atoms with Gasteiger partial charge in [0.1, 0.15) is 0 Å². The van der Waals surface area contributed by atoms with Crippen molar-refractivity contribution in [2.75, 3.05) is 5.75 Å². The van der Waals surface area contributed by atoms with Gasteiger partial charge in [0.25, 0.3) is 0 Å². The van der Waals surface area contributed by atoms with Crippen molar-refractivity contribution in [1.29, 1.82) is 0 Å². The average molecular weight is 248 g/mol. The fraction of sp³-hybridized carbons (Fsp3) is 0.385. The van der Waals surface area contributed by atoms with Crippen LogP contribution in [0, 0.1) is 6.92 Å². The van der Waals surface area contributed by atoms with Crippen molar-refractivity contribution in [2.45, 2.75) is 26.2 Å². The number of rotatable bonds is 3. The molecule has 0 bridgehead atoms. The Hall–Kier alpha value is -1.29. The maximum atomic E-state index is 5.29. The second-order valence-corrected chi connectivity index (χ2v) is 5.15. The summed E-state index contributed by atoms with van der Waals surface area (Å²) < 4.78 is 5.29. The van der Waals surface area contributed by atoms with Crippen LogP contribution in [0.15, 0.2) is 28.8 Å². The van der Waals surface area contributed by atoms with Crippen LogP contribution >= 0.6 is 12.6 Å². The monoisotopic (exact) mass is 248 g/mol. The highest BCUT2D eigenvalue weighted by molar-refractivity contribution is 7.80. The molecule has 0 aliphatic rings. The van der Waals surface area contributed by atoms with E-state index in [1.165, 1.54) is 5.56 Å². The normalized spacial score (nSPS) is 11.8. The molecule has 0 aliphatic carbocycles. The predicted octanol–water partition coefficient (Wildman–Crippen LogP) is 3.25. The van der Waals surface area contributed by atoms with Crippen LogP contribution in [-0.2, 0) is 5.41 Å². The lowest BCUT2D eigenvalue weighted by molar-refractivity contribution is 0.324. The molecule has 90 valence electrons. The van der Waals surface area contributed by atoms with Crippen molar-refractivity contribution in [1.82, 2.24) is 10.1 Å². The van der Waals surface area contributed by atoms with Crippen LogP contribution in [-0.4, -0.2) is 15.9 Å². The molecule has 0 unspecified atom stereocenters.